The highest BCUT2D eigenvalue weighted by Crippen LogP contribution is 2.23. The van der Waals surface area contributed by atoms with Crippen LogP contribution in [-0.4, -0.2) is 62.1 Å². The number of piperazine rings is 1. The molecule has 1 heterocycles. The quantitative estimate of drug-likeness (QED) is 0.881. The molecule has 0 unspecified atom stereocenters. The van der Waals surface area contributed by atoms with E-state index < -0.39 is 26.6 Å². The number of β-amino-alcohol motifs (C(OH)–C–C–N with tert-alkyl or cyclic N) is 1. The summed E-state index contributed by atoms with van der Waals surface area (Å²) in [7, 11) is -4.04. The van der Waals surface area contributed by atoms with Crippen LogP contribution in [0.3, 0.4) is 0 Å². The van der Waals surface area contributed by atoms with Crippen LogP contribution >= 0.6 is 0 Å². The van der Waals surface area contributed by atoms with Gasteiger partial charge < -0.3 is 5.11 Å². The maximum absolute atomic E-state index is 13.9. The number of rotatable bonds is 4. The Morgan fingerprint density at radius 1 is 1.14 bits per heavy atom. The summed E-state index contributed by atoms with van der Waals surface area (Å²) < 4.78 is 53.3. The van der Waals surface area contributed by atoms with Crippen molar-refractivity contribution in [2.24, 2.45) is 0 Å². The number of nitrogens with zero attached hydrogens (tertiary/aromatic N) is 2. The normalized spacial score (nSPS) is 18.1. The lowest BCUT2D eigenvalue weighted by atomic mass is 10.2. The highest BCUT2D eigenvalue weighted by molar-refractivity contribution is 7.89. The summed E-state index contributed by atoms with van der Waals surface area (Å²) >= 11 is 0. The van der Waals surface area contributed by atoms with Gasteiger partial charge in [0.25, 0.3) is 0 Å². The number of hydrogen-bond acceptors (Lipinski definition) is 4. The van der Waals surface area contributed by atoms with Crippen molar-refractivity contribution < 1.29 is 22.3 Å². The van der Waals surface area contributed by atoms with E-state index in [2.05, 4.69) is 0 Å². The molecule has 0 amide bonds. The Morgan fingerprint density at radius 2 is 1.76 bits per heavy atom. The summed E-state index contributed by atoms with van der Waals surface area (Å²) in [4.78, 5) is 1.29. The summed E-state index contributed by atoms with van der Waals surface area (Å²) in [5.74, 6) is -1.68. The van der Waals surface area contributed by atoms with Crippen LogP contribution in [0.5, 0.6) is 0 Å². The van der Waals surface area contributed by atoms with Gasteiger partial charge in [-0.05, 0) is 24.6 Å². The molecule has 5 nitrogen and oxygen atoms in total. The third-order valence-corrected chi connectivity index (χ3v) is 5.49. The molecule has 0 spiro atoms. The molecule has 1 aromatic carbocycles. The maximum Gasteiger partial charge on any atom is 0.246 e. The highest BCUT2D eigenvalue weighted by Gasteiger charge is 2.31. The number of aliphatic hydroxyl groups excluding tert-OH is 1. The van der Waals surface area contributed by atoms with Gasteiger partial charge in [-0.25, -0.2) is 17.2 Å². The first-order valence-corrected chi connectivity index (χ1v) is 8.09. The first-order chi connectivity index (χ1) is 9.86. The van der Waals surface area contributed by atoms with Crippen molar-refractivity contribution in [2.45, 2.75) is 11.8 Å². The Labute approximate surface area is 122 Å². The predicted octanol–water partition coefficient (Wildman–Crippen LogP) is 0.572. The highest BCUT2D eigenvalue weighted by atomic mass is 32.2. The molecule has 0 aliphatic carbocycles. The third kappa shape index (κ3) is 3.39. The van der Waals surface area contributed by atoms with E-state index in [1.54, 1.807) is 0 Å². The number of hydrogen-bond donors (Lipinski definition) is 1. The van der Waals surface area contributed by atoms with Crippen molar-refractivity contribution >= 4 is 10.0 Å². The average molecular weight is 320 g/mol. The van der Waals surface area contributed by atoms with Crippen molar-refractivity contribution in [1.82, 2.24) is 9.21 Å². The van der Waals surface area contributed by atoms with Crippen LogP contribution in [-0.2, 0) is 10.0 Å². The summed E-state index contributed by atoms with van der Waals surface area (Å²) in [5.41, 5.74) is 0.0687. The first-order valence-electron chi connectivity index (χ1n) is 6.65. The molecular formula is C13H18F2N2O3S. The minimum atomic E-state index is -4.04. The zero-order valence-electron chi connectivity index (χ0n) is 11.7. The van der Waals surface area contributed by atoms with Crippen molar-refractivity contribution in [2.75, 3.05) is 39.3 Å². The summed E-state index contributed by atoms with van der Waals surface area (Å²) in [5, 5.41) is 8.85. The topological polar surface area (TPSA) is 60.9 Å². The molecule has 8 heteroatoms. The van der Waals surface area contributed by atoms with Crippen molar-refractivity contribution in [1.29, 1.82) is 0 Å². The van der Waals surface area contributed by atoms with E-state index in [0.29, 0.717) is 19.6 Å². The fraction of sp³-hybridized carbons (Fsp3) is 0.538. The van der Waals surface area contributed by atoms with Crippen LogP contribution in [0.25, 0.3) is 0 Å². The monoisotopic (exact) mass is 320 g/mol. The maximum atomic E-state index is 13.9. The number of halogens is 2. The second-order valence-electron chi connectivity index (χ2n) is 5.00. The number of benzene rings is 1. The molecule has 1 fully saturated rings. The lowest BCUT2D eigenvalue weighted by Gasteiger charge is -2.33. The Balaban J connectivity index is 2.22. The van der Waals surface area contributed by atoms with Crippen LogP contribution in [0.15, 0.2) is 17.0 Å². The van der Waals surface area contributed by atoms with E-state index in [9.17, 15) is 17.2 Å². The lowest BCUT2D eigenvalue weighted by molar-refractivity contribution is 0.151. The predicted molar refractivity (Wildman–Crippen MR) is 73.4 cm³/mol. The summed E-state index contributed by atoms with van der Waals surface area (Å²) in [6, 6.07) is 1.63. The van der Waals surface area contributed by atoms with Gasteiger partial charge >= 0.3 is 0 Å². The molecular weight excluding hydrogens is 302 g/mol. The second kappa shape index (κ2) is 6.35. The van der Waals surface area contributed by atoms with Crippen molar-refractivity contribution in [3.05, 3.63) is 29.3 Å². The zero-order valence-corrected chi connectivity index (χ0v) is 12.5. The largest absolute Gasteiger partial charge is 0.395 e. The van der Waals surface area contributed by atoms with Gasteiger partial charge in [-0.3, -0.25) is 4.90 Å². The van der Waals surface area contributed by atoms with Crippen LogP contribution in [0.4, 0.5) is 8.78 Å². The fourth-order valence-corrected chi connectivity index (χ4v) is 3.78. The molecule has 0 radical (unpaired) electrons. The fourth-order valence-electron chi connectivity index (χ4n) is 2.30. The Kier molecular flexibility index (Phi) is 4.92. The second-order valence-corrected chi connectivity index (χ2v) is 6.91. The summed E-state index contributed by atoms with van der Waals surface area (Å²) in [6.07, 6.45) is 0. The van der Waals surface area contributed by atoms with Crippen LogP contribution in [0, 0.1) is 18.6 Å². The van der Waals surface area contributed by atoms with Crippen molar-refractivity contribution in [3.63, 3.8) is 0 Å². The molecule has 1 N–H and O–H groups in total. The standard InChI is InChI=1S/C13H18F2N2O3S/c1-10-8-12(15)13(9-11(10)14)21(19,20)17-4-2-16(3-5-17)6-7-18/h8-9,18H,2-7H2,1H3. The van der Waals surface area contributed by atoms with E-state index in [-0.39, 0.29) is 25.3 Å². The van der Waals surface area contributed by atoms with Gasteiger partial charge in [-0.15, -0.1) is 0 Å². The van der Waals surface area contributed by atoms with Gasteiger partial charge in [0, 0.05) is 32.7 Å². The molecule has 0 saturated carbocycles. The molecule has 1 aliphatic heterocycles. The SMILES string of the molecule is Cc1cc(F)c(S(=O)(=O)N2CCN(CCO)CC2)cc1F. The molecule has 1 saturated heterocycles. The zero-order chi connectivity index (χ0) is 15.6. The molecule has 1 aliphatic rings. The third-order valence-electron chi connectivity index (χ3n) is 3.58. The van der Waals surface area contributed by atoms with E-state index in [1.807, 2.05) is 4.90 Å². The number of aryl methyl sites for hydroxylation is 1. The molecule has 0 atom stereocenters. The van der Waals surface area contributed by atoms with E-state index in [0.717, 1.165) is 16.4 Å². The molecule has 2 rings (SSSR count). The van der Waals surface area contributed by atoms with Crippen LogP contribution in [0.1, 0.15) is 5.56 Å². The molecule has 0 aromatic heterocycles. The smallest absolute Gasteiger partial charge is 0.246 e. The molecule has 0 bridgehead atoms. The Morgan fingerprint density at radius 3 is 2.33 bits per heavy atom. The van der Waals surface area contributed by atoms with E-state index in [1.165, 1.54) is 6.92 Å². The molecule has 1 aromatic rings. The van der Waals surface area contributed by atoms with Crippen LogP contribution in [0.2, 0.25) is 0 Å². The Hall–Kier alpha value is -1.09. The molecule has 118 valence electrons. The number of aliphatic hydroxyl groups is 1. The minimum absolute atomic E-state index is 0.00452. The Bertz CT molecular complexity index is 614. The molecule has 21 heavy (non-hydrogen) atoms. The minimum Gasteiger partial charge on any atom is -0.395 e. The van der Waals surface area contributed by atoms with Gasteiger partial charge in [0.2, 0.25) is 10.0 Å². The van der Waals surface area contributed by atoms with Gasteiger partial charge in [-0.1, -0.05) is 0 Å². The van der Waals surface area contributed by atoms with Crippen LogP contribution < -0.4 is 0 Å². The van der Waals surface area contributed by atoms with Gasteiger partial charge in [-0.2, -0.15) is 4.31 Å². The van der Waals surface area contributed by atoms with Crippen molar-refractivity contribution in [3.8, 4) is 0 Å². The lowest BCUT2D eigenvalue weighted by Crippen LogP contribution is -2.49. The number of sulfonamides is 1. The summed E-state index contributed by atoms with van der Waals surface area (Å²) in [6.45, 7) is 3.15. The average Bonchev–Trinajstić information content (AvgIpc) is 2.43. The van der Waals surface area contributed by atoms with Gasteiger partial charge in [0.15, 0.2) is 0 Å². The first kappa shape index (κ1) is 16.3. The van der Waals surface area contributed by atoms with Gasteiger partial charge in [0.1, 0.15) is 16.5 Å². The van der Waals surface area contributed by atoms with E-state index in [4.69, 9.17) is 5.11 Å². The van der Waals surface area contributed by atoms with Gasteiger partial charge in [0.05, 0.1) is 6.61 Å². The van der Waals surface area contributed by atoms with E-state index >= 15 is 0 Å².